The van der Waals surface area contributed by atoms with Crippen LogP contribution in [-0.4, -0.2) is 14.2 Å². The molecule has 1 N–H and O–H groups in total. The number of nitrogens with one attached hydrogen (secondary N) is 1. The highest BCUT2D eigenvalue weighted by molar-refractivity contribution is 9.10. The van der Waals surface area contributed by atoms with Crippen LogP contribution in [0.2, 0.25) is 0 Å². The first-order chi connectivity index (χ1) is 8.76. The molecule has 18 heavy (non-hydrogen) atoms. The molecule has 2 rings (SSSR count). The van der Waals surface area contributed by atoms with Crippen LogP contribution < -0.4 is 10.1 Å². The van der Waals surface area contributed by atoms with Crippen molar-refractivity contribution in [2.45, 2.75) is 12.5 Å². The van der Waals surface area contributed by atoms with E-state index < -0.39 is 0 Å². The van der Waals surface area contributed by atoms with Crippen LogP contribution in [-0.2, 0) is 6.42 Å². The number of hydrogen-bond acceptors (Lipinski definition) is 3. The van der Waals surface area contributed by atoms with Crippen LogP contribution in [0, 0.1) is 0 Å². The molecule has 0 aliphatic heterocycles. The van der Waals surface area contributed by atoms with Crippen LogP contribution in [0.3, 0.4) is 0 Å². The van der Waals surface area contributed by atoms with Crippen molar-refractivity contribution in [3.8, 4) is 5.75 Å². The van der Waals surface area contributed by atoms with Crippen molar-refractivity contribution >= 4 is 27.3 Å². The van der Waals surface area contributed by atoms with Crippen molar-refractivity contribution in [3.05, 3.63) is 50.6 Å². The van der Waals surface area contributed by atoms with E-state index in [1.54, 1.807) is 18.4 Å². The summed E-state index contributed by atoms with van der Waals surface area (Å²) >= 11 is 5.33. The molecule has 0 saturated heterocycles. The Morgan fingerprint density at radius 3 is 2.78 bits per heavy atom. The summed E-state index contributed by atoms with van der Waals surface area (Å²) in [5, 5.41) is 5.43. The highest BCUT2D eigenvalue weighted by Crippen LogP contribution is 2.33. The maximum Gasteiger partial charge on any atom is 0.134 e. The fourth-order valence-corrected chi connectivity index (χ4v) is 3.36. The molecule has 4 heteroatoms. The van der Waals surface area contributed by atoms with Gasteiger partial charge in [0.1, 0.15) is 5.75 Å². The Morgan fingerprint density at radius 2 is 2.11 bits per heavy atom. The number of rotatable bonds is 5. The first-order valence-electron chi connectivity index (χ1n) is 5.78. The van der Waals surface area contributed by atoms with Crippen molar-refractivity contribution in [1.29, 1.82) is 0 Å². The third-order valence-electron chi connectivity index (χ3n) is 2.92. The van der Waals surface area contributed by atoms with Gasteiger partial charge in [-0.25, -0.2) is 0 Å². The predicted octanol–water partition coefficient (Wildman–Crippen LogP) is 4.02. The van der Waals surface area contributed by atoms with Gasteiger partial charge in [0.15, 0.2) is 0 Å². The van der Waals surface area contributed by atoms with Gasteiger partial charge >= 0.3 is 0 Å². The quantitative estimate of drug-likeness (QED) is 0.896. The lowest BCUT2D eigenvalue weighted by Crippen LogP contribution is -2.18. The minimum Gasteiger partial charge on any atom is -0.496 e. The third-order valence-corrected chi connectivity index (χ3v) is 4.71. The topological polar surface area (TPSA) is 21.3 Å². The minimum atomic E-state index is 0.277. The minimum absolute atomic E-state index is 0.277. The van der Waals surface area contributed by atoms with E-state index in [0.717, 1.165) is 16.6 Å². The van der Waals surface area contributed by atoms with Crippen molar-refractivity contribution in [3.63, 3.8) is 0 Å². The monoisotopic (exact) mass is 325 g/mol. The van der Waals surface area contributed by atoms with E-state index in [2.05, 4.69) is 44.8 Å². The molecule has 0 amide bonds. The molecule has 0 radical (unpaired) electrons. The van der Waals surface area contributed by atoms with Gasteiger partial charge in [-0.3, -0.25) is 0 Å². The fraction of sp³-hybridized carbons (Fsp3) is 0.286. The fourth-order valence-electron chi connectivity index (χ4n) is 1.94. The molecule has 0 aliphatic carbocycles. The number of ether oxygens (including phenoxy) is 1. The molecule has 0 bridgehead atoms. The van der Waals surface area contributed by atoms with Gasteiger partial charge in [0.05, 0.1) is 12.0 Å². The summed E-state index contributed by atoms with van der Waals surface area (Å²) in [5.74, 6) is 0.964. The number of likely N-dealkylation sites (N-methyl/N-ethyl adjacent to an activating group) is 1. The first kappa shape index (κ1) is 13.6. The number of benzene rings is 1. The van der Waals surface area contributed by atoms with Crippen LogP contribution in [0.5, 0.6) is 5.75 Å². The molecule has 96 valence electrons. The van der Waals surface area contributed by atoms with Gasteiger partial charge in [-0.05, 0) is 36.5 Å². The Morgan fingerprint density at radius 1 is 1.33 bits per heavy atom. The maximum atomic E-state index is 5.39. The van der Waals surface area contributed by atoms with E-state index >= 15 is 0 Å². The molecule has 1 atom stereocenters. The van der Waals surface area contributed by atoms with Gasteiger partial charge in [0, 0.05) is 10.5 Å². The maximum absolute atomic E-state index is 5.39. The normalized spacial score (nSPS) is 12.4. The molecule has 2 nitrogen and oxygen atoms in total. The van der Waals surface area contributed by atoms with E-state index in [1.165, 1.54) is 10.4 Å². The molecule has 0 spiro atoms. The predicted molar refractivity (Wildman–Crippen MR) is 80.5 cm³/mol. The lowest BCUT2D eigenvalue weighted by molar-refractivity contribution is 0.405. The summed E-state index contributed by atoms with van der Waals surface area (Å²) in [6.07, 6.45) is 0.939. The van der Waals surface area contributed by atoms with Crippen molar-refractivity contribution in [2.24, 2.45) is 0 Å². The molecule has 1 heterocycles. The summed E-state index contributed by atoms with van der Waals surface area (Å²) in [4.78, 5) is 1.25. The van der Waals surface area contributed by atoms with Crippen molar-refractivity contribution in [1.82, 2.24) is 5.32 Å². The molecular weight excluding hydrogens is 310 g/mol. The molecule has 1 unspecified atom stereocenters. The Kier molecular flexibility index (Phi) is 4.80. The van der Waals surface area contributed by atoms with Gasteiger partial charge in [-0.2, -0.15) is 0 Å². The van der Waals surface area contributed by atoms with Crippen molar-refractivity contribution in [2.75, 3.05) is 14.2 Å². The van der Waals surface area contributed by atoms with Gasteiger partial charge in [0.25, 0.3) is 0 Å². The van der Waals surface area contributed by atoms with E-state index in [9.17, 15) is 0 Å². The van der Waals surface area contributed by atoms with Crippen LogP contribution in [0.4, 0.5) is 0 Å². The summed E-state index contributed by atoms with van der Waals surface area (Å²) in [6.45, 7) is 0. The lowest BCUT2D eigenvalue weighted by Gasteiger charge is -2.17. The second kappa shape index (κ2) is 6.36. The average molecular weight is 326 g/mol. The highest BCUT2D eigenvalue weighted by atomic mass is 79.9. The molecule has 0 fully saturated rings. The van der Waals surface area contributed by atoms with Crippen LogP contribution in [0.25, 0.3) is 0 Å². The number of halogens is 1. The number of hydrogen-bond donors (Lipinski definition) is 1. The Balaban J connectivity index is 2.23. The molecule has 2 aromatic rings. The zero-order valence-electron chi connectivity index (χ0n) is 10.4. The highest BCUT2D eigenvalue weighted by Gasteiger charge is 2.17. The van der Waals surface area contributed by atoms with Gasteiger partial charge < -0.3 is 10.1 Å². The molecule has 1 aromatic carbocycles. The van der Waals surface area contributed by atoms with Crippen LogP contribution >= 0.6 is 27.3 Å². The SMILES string of the molecule is CNC(Cc1ccccc1Br)c1sccc1OC. The Bertz CT molecular complexity index is 512. The van der Waals surface area contributed by atoms with Crippen molar-refractivity contribution < 1.29 is 4.74 Å². The van der Waals surface area contributed by atoms with Crippen LogP contribution in [0.15, 0.2) is 40.2 Å². The largest absolute Gasteiger partial charge is 0.496 e. The lowest BCUT2D eigenvalue weighted by atomic mass is 10.0. The Labute approximate surface area is 120 Å². The summed E-state index contributed by atoms with van der Waals surface area (Å²) in [6, 6.07) is 10.6. The average Bonchev–Trinajstić information content (AvgIpc) is 2.86. The number of thiophene rings is 1. The zero-order chi connectivity index (χ0) is 13.0. The smallest absolute Gasteiger partial charge is 0.134 e. The zero-order valence-corrected chi connectivity index (χ0v) is 12.8. The molecule has 0 saturated carbocycles. The van der Waals surface area contributed by atoms with E-state index in [-0.39, 0.29) is 6.04 Å². The molecular formula is C14H16BrNOS. The third kappa shape index (κ3) is 2.94. The first-order valence-corrected chi connectivity index (χ1v) is 7.45. The molecule has 1 aromatic heterocycles. The van der Waals surface area contributed by atoms with Crippen LogP contribution in [0.1, 0.15) is 16.5 Å². The van der Waals surface area contributed by atoms with E-state index in [1.807, 2.05) is 19.2 Å². The summed E-state index contributed by atoms with van der Waals surface area (Å²) in [5.41, 5.74) is 1.30. The van der Waals surface area contributed by atoms with E-state index in [4.69, 9.17) is 4.74 Å². The second-order valence-electron chi connectivity index (χ2n) is 3.99. The summed E-state index contributed by atoms with van der Waals surface area (Å²) in [7, 11) is 3.71. The number of methoxy groups -OCH3 is 1. The Hall–Kier alpha value is -0.840. The van der Waals surface area contributed by atoms with Gasteiger partial charge in [-0.1, -0.05) is 34.1 Å². The standard InChI is InChI=1S/C14H16BrNOS/c1-16-12(14-13(17-2)7-8-18-14)9-10-5-3-4-6-11(10)15/h3-8,12,16H,9H2,1-2H3. The second-order valence-corrected chi connectivity index (χ2v) is 5.79. The summed E-state index contributed by atoms with van der Waals surface area (Å²) < 4.78 is 6.55. The molecule has 0 aliphatic rings. The van der Waals surface area contributed by atoms with E-state index in [0.29, 0.717) is 0 Å². The van der Waals surface area contributed by atoms with Gasteiger partial charge in [-0.15, -0.1) is 11.3 Å². The van der Waals surface area contributed by atoms with Gasteiger partial charge in [0.2, 0.25) is 0 Å².